The minimum Gasteiger partial charge on any atom is -0.312 e. The predicted molar refractivity (Wildman–Crippen MR) is 109 cm³/mol. The Hall–Kier alpha value is -3.40. The smallest absolute Gasteiger partial charge is 0.312 e. The second-order valence-corrected chi connectivity index (χ2v) is 7.65. The van der Waals surface area contributed by atoms with Crippen LogP contribution in [0.4, 0.5) is 24.4 Å². The van der Waals surface area contributed by atoms with Crippen LogP contribution in [0.15, 0.2) is 48.5 Å². The van der Waals surface area contributed by atoms with Crippen molar-refractivity contribution in [2.45, 2.75) is 18.9 Å². The number of hydrogen-bond donors (Lipinski definition) is 2. The lowest BCUT2D eigenvalue weighted by atomic mass is 10.2. The predicted octanol–water partition coefficient (Wildman–Crippen LogP) is 4.12. The zero-order valence-electron chi connectivity index (χ0n) is 15.6. The largest absolute Gasteiger partial charge is 0.322 e. The molecular weight excluding hydrogens is 412 g/mol. The summed E-state index contributed by atoms with van der Waals surface area (Å²) >= 11 is 1.15. The van der Waals surface area contributed by atoms with Crippen LogP contribution in [-0.4, -0.2) is 39.6 Å². The molecule has 154 valence electrons. The summed E-state index contributed by atoms with van der Waals surface area (Å²) in [4.78, 5) is 26.7. The van der Waals surface area contributed by atoms with Crippen LogP contribution in [0.1, 0.15) is 12.8 Å². The van der Waals surface area contributed by atoms with Crippen LogP contribution in [0, 0.1) is 11.6 Å². The molecule has 0 saturated carbocycles. The lowest BCUT2D eigenvalue weighted by Gasteiger charge is -2.23. The Balaban J connectivity index is 1.42. The minimum absolute atomic E-state index is 0.0571. The Kier molecular flexibility index (Phi) is 5.66. The molecule has 0 radical (unpaired) electrons. The summed E-state index contributed by atoms with van der Waals surface area (Å²) in [7, 11) is 0. The summed E-state index contributed by atoms with van der Waals surface area (Å²) in [6, 6.07) is 10.4. The molecule has 0 bridgehead atoms. The van der Waals surface area contributed by atoms with Crippen LogP contribution in [0.3, 0.4) is 0 Å². The number of halogens is 2. The Morgan fingerprint density at radius 1 is 1.03 bits per heavy atom. The van der Waals surface area contributed by atoms with Crippen LogP contribution in [0.25, 0.3) is 10.6 Å². The molecule has 30 heavy (non-hydrogen) atoms. The second-order valence-electron chi connectivity index (χ2n) is 6.67. The second kappa shape index (κ2) is 8.54. The molecule has 0 aliphatic carbocycles. The van der Waals surface area contributed by atoms with Gasteiger partial charge in [0.05, 0.1) is 5.69 Å². The first-order chi connectivity index (χ1) is 14.5. The molecule has 1 atom stereocenters. The highest BCUT2D eigenvalue weighted by atomic mass is 32.1. The van der Waals surface area contributed by atoms with Gasteiger partial charge in [-0.1, -0.05) is 23.5 Å². The van der Waals surface area contributed by atoms with E-state index >= 15 is 0 Å². The van der Waals surface area contributed by atoms with Crippen molar-refractivity contribution in [3.63, 3.8) is 0 Å². The van der Waals surface area contributed by atoms with Crippen LogP contribution >= 0.6 is 11.3 Å². The molecule has 1 fully saturated rings. The first-order valence-electron chi connectivity index (χ1n) is 9.24. The lowest BCUT2D eigenvalue weighted by molar-refractivity contribution is -0.119. The van der Waals surface area contributed by atoms with E-state index in [2.05, 4.69) is 20.8 Å². The Bertz CT molecular complexity index is 1070. The summed E-state index contributed by atoms with van der Waals surface area (Å²) in [6.07, 6.45) is 1.14. The van der Waals surface area contributed by atoms with Gasteiger partial charge in [-0.15, -0.1) is 10.2 Å². The normalized spacial score (nSPS) is 15.8. The highest BCUT2D eigenvalue weighted by Crippen LogP contribution is 2.27. The van der Waals surface area contributed by atoms with Gasteiger partial charge >= 0.3 is 6.03 Å². The molecule has 10 heteroatoms. The molecule has 2 heterocycles. The van der Waals surface area contributed by atoms with Gasteiger partial charge in [0.25, 0.3) is 0 Å². The van der Waals surface area contributed by atoms with E-state index in [0.29, 0.717) is 30.0 Å². The number of anilines is 2. The van der Waals surface area contributed by atoms with Crippen molar-refractivity contribution in [2.75, 3.05) is 17.2 Å². The van der Waals surface area contributed by atoms with Crippen molar-refractivity contribution in [2.24, 2.45) is 0 Å². The molecular formula is C20H17F2N5O2S. The molecule has 2 aromatic carbocycles. The number of carbonyl (C=O) groups excluding carboxylic acids is 2. The van der Waals surface area contributed by atoms with Crippen LogP contribution in [0.2, 0.25) is 0 Å². The maximum absolute atomic E-state index is 13.8. The fourth-order valence-electron chi connectivity index (χ4n) is 3.20. The maximum atomic E-state index is 13.8. The van der Waals surface area contributed by atoms with Gasteiger partial charge in [-0.3, -0.25) is 10.1 Å². The standard InChI is InChI=1S/C20H17F2N5O2S/c21-13-9-7-12(8-10-13)18-25-26-19(30-18)24-17(28)16-6-3-11-27(16)20(29)23-15-5-2-1-4-14(15)22/h1-2,4-5,7-10,16H,3,6,11H2,(H,23,29)(H,24,26,28). The maximum Gasteiger partial charge on any atom is 0.322 e. The van der Waals surface area contributed by atoms with Gasteiger partial charge in [0, 0.05) is 12.1 Å². The summed E-state index contributed by atoms with van der Waals surface area (Å²) in [5.74, 6) is -1.29. The molecule has 1 aromatic heterocycles. The summed E-state index contributed by atoms with van der Waals surface area (Å²) < 4.78 is 26.9. The van der Waals surface area contributed by atoms with Crippen molar-refractivity contribution >= 4 is 34.1 Å². The third-order valence-electron chi connectivity index (χ3n) is 4.68. The van der Waals surface area contributed by atoms with Crippen molar-refractivity contribution in [1.29, 1.82) is 0 Å². The molecule has 0 spiro atoms. The van der Waals surface area contributed by atoms with E-state index in [1.807, 2.05) is 0 Å². The zero-order chi connectivity index (χ0) is 21.1. The van der Waals surface area contributed by atoms with Gasteiger partial charge in [-0.25, -0.2) is 13.6 Å². The number of nitrogens with zero attached hydrogens (tertiary/aromatic N) is 3. The van der Waals surface area contributed by atoms with Crippen molar-refractivity contribution in [3.8, 4) is 10.6 Å². The van der Waals surface area contributed by atoms with Crippen LogP contribution in [-0.2, 0) is 4.79 Å². The summed E-state index contributed by atoms with van der Waals surface area (Å²) in [5, 5.41) is 14.0. The monoisotopic (exact) mass is 429 g/mol. The third-order valence-corrected chi connectivity index (χ3v) is 5.57. The van der Waals surface area contributed by atoms with Gasteiger partial charge in [0.2, 0.25) is 11.0 Å². The van der Waals surface area contributed by atoms with Crippen LogP contribution in [0.5, 0.6) is 0 Å². The lowest BCUT2D eigenvalue weighted by Crippen LogP contribution is -2.45. The molecule has 3 aromatic rings. The average Bonchev–Trinajstić information content (AvgIpc) is 3.40. The number of urea groups is 1. The molecule has 1 unspecified atom stereocenters. The van der Waals surface area contributed by atoms with Gasteiger partial charge < -0.3 is 10.2 Å². The highest BCUT2D eigenvalue weighted by molar-refractivity contribution is 7.18. The quantitative estimate of drug-likeness (QED) is 0.653. The number of nitrogens with one attached hydrogen (secondary N) is 2. The Morgan fingerprint density at radius 2 is 1.80 bits per heavy atom. The number of hydrogen-bond acceptors (Lipinski definition) is 5. The fraction of sp³-hybridized carbons (Fsp3) is 0.200. The first kappa shape index (κ1) is 19.9. The average molecular weight is 429 g/mol. The van der Waals surface area contributed by atoms with Crippen LogP contribution < -0.4 is 10.6 Å². The topological polar surface area (TPSA) is 87.2 Å². The van der Waals surface area contributed by atoms with Gasteiger partial charge in [-0.05, 0) is 49.2 Å². The summed E-state index contributed by atoms with van der Waals surface area (Å²) in [5.41, 5.74) is 0.739. The number of amides is 3. The summed E-state index contributed by atoms with van der Waals surface area (Å²) in [6.45, 7) is 0.384. The third kappa shape index (κ3) is 4.28. The van der Waals surface area contributed by atoms with E-state index in [-0.39, 0.29) is 16.6 Å². The fourth-order valence-corrected chi connectivity index (χ4v) is 3.96. The first-order valence-corrected chi connectivity index (χ1v) is 10.1. The molecule has 4 rings (SSSR count). The number of likely N-dealkylation sites (tertiary alicyclic amines) is 1. The van der Waals surface area contributed by atoms with Gasteiger partial charge in [0.1, 0.15) is 22.7 Å². The molecule has 7 nitrogen and oxygen atoms in total. The zero-order valence-corrected chi connectivity index (χ0v) is 16.5. The van der Waals surface area contributed by atoms with Crippen molar-refractivity contribution < 1.29 is 18.4 Å². The van der Waals surface area contributed by atoms with E-state index < -0.39 is 23.8 Å². The van der Waals surface area contributed by atoms with E-state index in [4.69, 9.17) is 0 Å². The number of aromatic nitrogens is 2. The number of carbonyl (C=O) groups is 2. The Labute approximate surface area is 174 Å². The van der Waals surface area contributed by atoms with Gasteiger partial charge in [-0.2, -0.15) is 0 Å². The van der Waals surface area contributed by atoms with Gasteiger partial charge in [0.15, 0.2) is 0 Å². The molecule has 1 aliphatic rings. The molecule has 3 amide bonds. The van der Waals surface area contributed by atoms with E-state index in [1.165, 1.54) is 35.2 Å². The van der Waals surface area contributed by atoms with Crippen molar-refractivity contribution in [1.82, 2.24) is 15.1 Å². The molecule has 1 saturated heterocycles. The number of para-hydroxylation sites is 1. The minimum atomic E-state index is -0.699. The van der Waals surface area contributed by atoms with E-state index in [0.717, 1.165) is 11.3 Å². The molecule has 1 aliphatic heterocycles. The number of benzene rings is 2. The van der Waals surface area contributed by atoms with Crippen molar-refractivity contribution in [3.05, 3.63) is 60.2 Å². The Morgan fingerprint density at radius 3 is 2.57 bits per heavy atom. The van der Waals surface area contributed by atoms with E-state index in [1.54, 1.807) is 18.2 Å². The number of rotatable bonds is 4. The highest BCUT2D eigenvalue weighted by Gasteiger charge is 2.35. The van der Waals surface area contributed by atoms with E-state index in [9.17, 15) is 18.4 Å². The SMILES string of the molecule is O=C(Nc1nnc(-c2ccc(F)cc2)s1)C1CCCN1C(=O)Nc1ccccc1F. The molecule has 2 N–H and O–H groups in total.